The first-order valence-corrected chi connectivity index (χ1v) is 23.1. The Labute approximate surface area is 382 Å². The molecule has 0 aliphatic heterocycles. The zero-order valence-corrected chi connectivity index (χ0v) is 38.0. The van der Waals surface area contributed by atoms with Gasteiger partial charge in [-0.15, -0.1) is 0 Å². The number of hydrogen-bond donors (Lipinski definition) is 0. The van der Waals surface area contributed by atoms with Crippen molar-refractivity contribution in [2.24, 2.45) is 0 Å². The van der Waals surface area contributed by atoms with E-state index in [0.29, 0.717) is 0 Å². The summed E-state index contributed by atoms with van der Waals surface area (Å²) in [5.74, 6) is 0. The van der Waals surface area contributed by atoms with Crippen molar-refractivity contribution in [1.29, 1.82) is 0 Å². The van der Waals surface area contributed by atoms with E-state index in [1.807, 2.05) is 0 Å². The predicted molar refractivity (Wildman–Crippen MR) is 277 cm³/mol. The highest BCUT2D eigenvalue weighted by atomic mass is 16.3. The predicted octanol–water partition coefficient (Wildman–Crippen LogP) is 17.6. The molecule has 4 nitrogen and oxygen atoms in total. The van der Waals surface area contributed by atoms with Gasteiger partial charge in [0.2, 0.25) is 0 Å². The highest BCUT2D eigenvalue weighted by molar-refractivity contribution is 6.35. The van der Waals surface area contributed by atoms with E-state index in [0.717, 1.165) is 110 Å². The lowest BCUT2D eigenvalue weighted by Gasteiger charge is -2.19. The molecule has 13 aromatic rings. The Bertz CT molecular complexity index is 3840. The Morgan fingerprint density at radius 1 is 0.318 bits per heavy atom. The van der Waals surface area contributed by atoms with Crippen molar-refractivity contribution in [2.45, 2.75) is 52.4 Å². The monoisotopic (exact) mass is 852 g/mol. The third kappa shape index (κ3) is 5.51. The second-order valence-corrected chi connectivity index (χ2v) is 20.1. The van der Waals surface area contributed by atoms with Crippen LogP contribution in [0, 0.1) is 0 Å². The maximum Gasteiger partial charge on any atom is 0.162 e. The molecule has 0 saturated carbocycles. The van der Waals surface area contributed by atoms with E-state index in [1.54, 1.807) is 0 Å². The van der Waals surface area contributed by atoms with Gasteiger partial charge in [0.1, 0.15) is 11.0 Å². The summed E-state index contributed by atoms with van der Waals surface area (Å²) in [7, 11) is 0. The fraction of sp³-hybridized carbons (Fsp3) is 0.129. The van der Waals surface area contributed by atoms with Crippen LogP contribution in [0.15, 0.2) is 191 Å². The molecule has 0 atom stereocenters. The molecule has 0 amide bonds. The number of benzene rings is 9. The van der Waals surface area contributed by atoms with E-state index in [-0.39, 0.29) is 10.8 Å². The summed E-state index contributed by atoms with van der Waals surface area (Å²) in [6.07, 6.45) is 0. The zero-order chi connectivity index (χ0) is 44.6. The highest BCUT2D eigenvalue weighted by Gasteiger charge is 2.30. The summed E-state index contributed by atoms with van der Waals surface area (Å²) in [4.78, 5) is 0. The van der Waals surface area contributed by atoms with Gasteiger partial charge in [-0.3, -0.25) is 0 Å². The Morgan fingerprint density at radius 3 is 1.08 bits per heavy atom. The molecule has 0 aliphatic rings. The van der Waals surface area contributed by atoms with E-state index in [1.165, 1.54) is 22.3 Å². The number of fused-ring (bicyclic) bond motifs is 12. The van der Waals surface area contributed by atoms with Crippen molar-refractivity contribution in [3.8, 4) is 44.5 Å². The first-order chi connectivity index (χ1) is 32.0. The Kier molecular flexibility index (Phi) is 8.10. The maximum absolute atomic E-state index is 7.69. The number of nitrogens with zero attached hydrogens (tertiary/aromatic N) is 2. The lowest BCUT2D eigenvalue weighted by molar-refractivity contribution is 0.591. The van der Waals surface area contributed by atoms with Gasteiger partial charge in [-0.1, -0.05) is 187 Å². The Morgan fingerprint density at radius 2 is 0.682 bits per heavy atom. The first-order valence-electron chi connectivity index (χ1n) is 23.1. The first kappa shape index (κ1) is 38.6. The maximum atomic E-state index is 7.69. The van der Waals surface area contributed by atoms with Crippen molar-refractivity contribution in [2.75, 3.05) is 0 Å². The van der Waals surface area contributed by atoms with Gasteiger partial charge < -0.3 is 17.6 Å². The van der Waals surface area contributed by atoms with Crippen molar-refractivity contribution >= 4 is 77.0 Å². The molecule has 0 aliphatic carbocycles. The summed E-state index contributed by atoms with van der Waals surface area (Å²) in [5.41, 5.74) is 21.0. The standard InChI is InChI=1S/C62H48N2O2/c1-61(2,3)39-31-33-49-47(35-39)53-55-60(66-57-45(27-17-29-51(57)63(49)55)43-25-15-13-23-41(43)37-19-9-7-10-20-37)54-48-36-40(62(4,5)6)32-34-50(48)64-52-30-18-28-46(58(52)65-59(53)56(54)64)44-26-16-14-24-42(44)38-21-11-8-12-22-38/h7-36H,1-6H3. The van der Waals surface area contributed by atoms with Gasteiger partial charge in [-0.05, 0) is 91.7 Å². The summed E-state index contributed by atoms with van der Waals surface area (Å²) in [5, 5.41) is 4.38. The van der Waals surface area contributed by atoms with E-state index < -0.39 is 0 Å². The van der Waals surface area contributed by atoms with E-state index >= 15 is 0 Å². The van der Waals surface area contributed by atoms with Gasteiger partial charge >= 0.3 is 0 Å². The molecular weight excluding hydrogens is 805 g/mol. The highest BCUT2D eigenvalue weighted by Crippen LogP contribution is 2.51. The van der Waals surface area contributed by atoms with Gasteiger partial charge in [0, 0.05) is 21.9 Å². The van der Waals surface area contributed by atoms with Crippen LogP contribution in [0.2, 0.25) is 0 Å². The number of rotatable bonds is 4. The fourth-order valence-corrected chi connectivity index (χ4v) is 10.8. The van der Waals surface area contributed by atoms with Crippen LogP contribution in [0.1, 0.15) is 52.7 Å². The van der Waals surface area contributed by atoms with Crippen LogP contribution in [0.25, 0.3) is 121 Å². The molecule has 0 unspecified atom stereocenters. The average molecular weight is 853 g/mol. The molecule has 4 heterocycles. The minimum atomic E-state index is -0.0876. The smallest absolute Gasteiger partial charge is 0.162 e. The minimum Gasteiger partial charge on any atom is -0.452 e. The van der Waals surface area contributed by atoms with Crippen molar-refractivity contribution < 1.29 is 8.83 Å². The quantitative estimate of drug-likeness (QED) is 0.165. The molecule has 13 rings (SSSR count). The van der Waals surface area contributed by atoms with Crippen LogP contribution in [-0.4, -0.2) is 8.80 Å². The molecule has 0 N–H and O–H groups in total. The second-order valence-electron chi connectivity index (χ2n) is 20.1. The molecule has 0 fully saturated rings. The zero-order valence-electron chi connectivity index (χ0n) is 38.0. The van der Waals surface area contributed by atoms with Gasteiger partial charge in [-0.25, -0.2) is 0 Å². The Hall–Kier alpha value is -7.82. The summed E-state index contributed by atoms with van der Waals surface area (Å²) >= 11 is 0. The normalized spacial score (nSPS) is 12.7. The molecule has 0 spiro atoms. The molecule has 0 bridgehead atoms. The molecule has 4 aromatic heterocycles. The second kappa shape index (κ2) is 13.8. The molecule has 4 heteroatoms. The number of aromatic nitrogens is 2. The van der Waals surface area contributed by atoms with Crippen LogP contribution in [0.4, 0.5) is 0 Å². The largest absolute Gasteiger partial charge is 0.452 e. The lowest BCUT2D eigenvalue weighted by atomic mass is 9.86. The van der Waals surface area contributed by atoms with E-state index in [2.05, 4.69) is 232 Å². The van der Waals surface area contributed by atoms with E-state index in [4.69, 9.17) is 8.83 Å². The molecule has 66 heavy (non-hydrogen) atoms. The molecule has 0 saturated heterocycles. The fourth-order valence-electron chi connectivity index (χ4n) is 10.8. The van der Waals surface area contributed by atoms with Gasteiger partial charge in [-0.2, -0.15) is 0 Å². The summed E-state index contributed by atoms with van der Waals surface area (Å²) < 4.78 is 20.3. The number of hydrogen-bond acceptors (Lipinski definition) is 2. The van der Waals surface area contributed by atoms with Crippen LogP contribution >= 0.6 is 0 Å². The van der Waals surface area contributed by atoms with Crippen molar-refractivity contribution in [3.63, 3.8) is 0 Å². The average Bonchev–Trinajstić information content (AvgIpc) is 3.87. The molecule has 9 aromatic carbocycles. The molecule has 0 radical (unpaired) electrons. The molecule has 318 valence electrons. The summed E-state index contributed by atoms with van der Waals surface area (Å²) in [6.45, 7) is 13.8. The third-order valence-electron chi connectivity index (χ3n) is 14.0. The van der Waals surface area contributed by atoms with Crippen LogP contribution in [-0.2, 0) is 10.8 Å². The third-order valence-corrected chi connectivity index (χ3v) is 14.0. The van der Waals surface area contributed by atoms with Crippen molar-refractivity contribution in [3.05, 3.63) is 193 Å². The van der Waals surface area contributed by atoms with Crippen molar-refractivity contribution in [1.82, 2.24) is 8.80 Å². The van der Waals surface area contributed by atoms with Crippen LogP contribution in [0.3, 0.4) is 0 Å². The van der Waals surface area contributed by atoms with Gasteiger partial charge in [0.25, 0.3) is 0 Å². The topological polar surface area (TPSA) is 35.1 Å². The van der Waals surface area contributed by atoms with E-state index in [9.17, 15) is 0 Å². The minimum absolute atomic E-state index is 0.0876. The van der Waals surface area contributed by atoms with Gasteiger partial charge in [0.15, 0.2) is 22.3 Å². The van der Waals surface area contributed by atoms with Gasteiger partial charge in [0.05, 0.1) is 32.8 Å². The van der Waals surface area contributed by atoms with Crippen LogP contribution < -0.4 is 0 Å². The number of para-hydroxylation sites is 2. The SMILES string of the molecule is CC(C)(C)c1ccc2c(c1)c1c3oc4c(-c5ccccc5-c5ccccc5)cccc4n4c5ccc(C(C)(C)C)cc5c(c5oc6c(-c7ccccc7-c7ccccc7)cccc6n2c51)c34. The molecular formula is C62H48N2O2. The Balaban J connectivity index is 1.27. The summed E-state index contributed by atoms with van der Waals surface area (Å²) in [6, 6.07) is 66.0. The van der Waals surface area contributed by atoms with Crippen LogP contribution in [0.5, 0.6) is 0 Å². The lowest BCUT2D eigenvalue weighted by Crippen LogP contribution is -2.10.